The number of nitrogens with zero attached hydrogens (tertiary/aromatic N) is 1. The van der Waals surface area contributed by atoms with Crippen LogP contribution in [-0.4, -0.2) is 23.9 Å². The number of nitrogens with one attached hydrogen (secondary N) is 1. The second-order valence-corrected chi connectivity index (χ2v) is 4.27. The number of methoxy groups -OCH3 is 1. The van der Waals surface area contributed by atoms with Crippen molar-refractivity contribution in [2.24, 2.45) is 0 Å². The molecule has 1 aromatic carbocycles. The Balaban J connectivity index is 2.27. The minimum atomic E-state index is 0.690. The van der Waals surface area contributed by atoms with Gasteiger partial charge in [-0.3, -0.25) is 5.10 Å². The van der Waals surface area contributed by atoms with E-state index in [1.807, 2.05) is 30.3 Å². The number of hydrogen-bond donors (Lipinski definition) is 1. The Labute approximate surface area is 103 Å². The van der Waals surface area contributed by atoms with Gasteiger partial charge in [-0.05, 0) is 15.9 Å². The minimum Gasteiger partial charge on any atom is -0.384 e. The number of H-pyrrole nitrogens is 1. The summed E-state index contributed by atoms with van der Waals surface area (Å²) < 4.78 is 6.07. The van der Waals surface area contributed by atoms with E-state index in [0.717, 1.165) is 27.8 Å². The largest absolute Gasteiger partial charge is 0.384 e. The maximum Gasteiger partial charge on any atom is 0.107 e. The second-order valence-electron chi connectivity index (χ2n) is 3.47. The number of aromatic amines is 1. The standard InChI is InChI=1S/C12H13BrN2O/c1-16-8-7-10-11(13)12(15-14-10)9-5-3-2-4-6-9/h2-6H,7-8H2,1H3,(H,14,15). The lowest BCUT2D eigenvalue weighted by molar-refractivity contribution is 0.201. The molecule has 1 N–H and O–H groups in total. The Morgan fingerprint density at radius 2 is 2.06 bits per heavy atom. The zero-order valence-corrected chi connectivity index (χ0v) is 10.6. The molecule has 2 rings (SSSR count). The Morgan fingerprint density at radius 3 is 2.75 bits per heavy atom. The highest BCUT2D eigenvalue weighted by atomic mass is 79.9. The SMILES string of the molecule is COCCc1[nH]nc(-c2ccccc2)c1Br. The zero-order chi connectivity index (χ0) is 11.4. The summed E-state index contributed by atoms with van der Waals surface area (Å²) in [7, 11) is 1.70. The lowest BCUT2D eigenvalue weighted by Gasteiger charge is -1.98. The van der Waals surface area contributed by atoms with Gasteiger partial charge in [-0.1, -0.05) is 30.3 Å². The van der Waals surface area contributed by atoms with Crippen LogP contribution in [0.5, 0.6) is 0 Å². The van der Waals surface area contributed by atoms with Crippen LogP contribution in [0.4, 0.5) is 0 Å². The van der Waals surface area contributed by atoms with Gasteiger partial charge in [0.05, 0.1) is 16.8 Å². The summed E-state index contributed by atoms with van der Waals surface area (Å²) in [6.45, 7) is 0.690. The summed E-state index contributed by atoms with van der Waals surface area (Å²) >= 11 is 3.57. The smallest absolute Gasteiger partial charge is 0.107 e. The predicted octanol–water partition coefficient (Wildman–Crippen LogP) is 3.03. The van der Waals surface area contributed by atoms with Crippen molar-refractivity contribution in [1.82, 2.24) is 10.2 Å². The number of hydrogen-bond acceptors (Lipinski definition) is 2. The van der Waals surface area contributed by atoms with Crippen molar-refractivity contribution in [2.75, 3.05) is 13.7 Å². The Morgan fingerprint density at radius 1 is 1.31 bits per heavy atom. The molecule has 0 radical (unpaired) electrons. The van der Waals surface area contributed by atoms with E-state index < -0.39 is 0 Å². The second kappa shape index (κ2) is 5.27. The maximum absolute atomic E-state index is 5.05. The van der Waals surface area contributed by atoms with Crippen LogP contribution >= 0.6 is 15.9 Å². The summed E-state index contributed by atoms with van der Waals surface area (Å²) in [4.78, 5) is 0. The monoisotopic (exact) mass is 280 g/mol. The fraction of sp³-hybridized carbons (Fsp3) is 0.250. The van der Waals surface area contributed by atoms with Gasteiger partial charge in [-0.25, -0.2) is 0 Å². The van der Waals surface area contributed by atoms with Gasteiger partial charge in [0.2, 0.25) is 0 Å². The predicted molar refractivity (Wildman–Crippen MR) is 67.3 cm³/mol. The lowest BCUT2D eigenvalue weighted by Crippen LogP contribution is -1.95. The van der Waals surface area contributed by atoms with Gasteiger partial charge in [0.15, 0.2) is 0 Å². The Kier molecular flexibility index (Phi) is 3.74. The molecule has 0 unspecified atom stereocenters. The molecule has 0 fully saturated rings. The van der Waals surface area contributed by atoms with Gasteiger partial charge >= 0.3 is 0 Å². The topological polar surface area (TPSA) is 37.9 Å². The van der Waals surface area contributed by atoms with Crippen molar-refractivity contribution in [3.8, 4) is 11.3 Å². The average molecular weight is 281 g/mol. The van der Waals surface area contributed by atoms with Crippen molar-refractivity contribution in [3.63, 3.8) is 0 Å². The fourth-order valence-corrected chi connectivity index (χ4v) is 2.13. The summed E-state index contributed by atoms with van der Waals surface area (Å²) in [6, 6.07) is 10.1. The van der Waals surface area contributed by atoms with E-state index in [1.54, 1.807) is 7.11 Å². The third-order valence-corrected chi connectivity index (χ3v) is 3.23. The van der Waals surface area contributed by atoms with Crippen LogP contribution in [0.2, 0.25) is 0 Å². The fourth-order valence-electron chi connectivity index (χ4n) is 1.52. The van der Waals surface area contributed by atoms with Gasteiger partial charge < -0.3 is 4.74 Å². The number of rotatable bonds is 4. The molecule has 0 atom stereocenters. The van der Waals surface area contributed by atoms with E-state index in [4.69, 9.17) is 4.74 Å². The average Bonchev–Trinajstić information content (AvgIpc) is 2.69. The van der Waals surface area contributed by atoms with Crippen molar-refractivity contribution >= 4 is 15.9 Å². The van der Waals surface area contributed by atoms with E-state index in [2.05, 4.69) is 26.1 Å². The molecule has 0 aliphatic heterocycles. The normalized spacial score (nSPS) is 10.6. The first kappa shape index (κ1) is 11.4. The van der Waals surface area contributed by atoms with Crippen LogP contribution in [0.15, 0.2) is 34.8 Å². The van der Waals surface area contributed by atoms with Gasteiger partial charge in [-0.2, -0.15) is 5.10 Å². The van der Waals surface area contributed by atoms with Crippen molar-refractivity contribution in [2.45, 2.75) is 6.42 Å². The third kappa shape index (κ3) is 2.33. The van der Waals surface area contributed by atoms with E-state index in [0.29, 0.717) is 6.61 Å². The van der Waals surface area contributed by atoms with Crippen LogP contribution in [0, 0.1) is 0 Å². The van der Waals surface area contributed by atoms with Crippen LogP contribution in [-0.2, 0) is 11.2 Å². The van der Waals surface area contributed by atoms with Gasteiger partial charge in [0.25, 0.3) is 0 Å². The van der Waals surface area contributed by atoms with E-state index in [1.165, 1.54) is 0 Å². The molecule has 3 nitrogen and oxygen atoms in total. The molecule has 0 aliphatic rings. The quantitative estimate of drug-likeness (QED) is 0.935. The van der Waals surface area contributed by atoms with Crippen LogP contribution in [0.3, 0.4) is 0 Å². The van der Waals surface area contributed by atoms with Crippen LogP contribution in [0.25, 0.3) is 11.3 Å². The first-order valence-corrected chi connectivity index (χ1v) is 5.89. The van der Waals surface area contributed by atoms with Crippen molar-refractivity contribution < 1.29 is 4.74 Å². The molecule has 4 heteroatoms. The highest BCUT2D eigenvalue weighted by molar-refractivity contribution is 9.10. The molecular weight excluding hydrogens is 268 g/mol. The van der Waals surface area contributed by atoms with E-state index >= 15 is 0 Å². The first-order valence-electron chi connectivity index (χ1n) is 5.10. The van der Waals surface area contributed by atoms with Crippen LogP contribution < -0.4 is 0 Å². The van der Waals surface area contributed by atoms with E-state index in [9.17, 15) is 0 Å². The highest BCUT2D eigenvalue weighted by Crippen LogP contribution is 2.28. The van der Waals surface area contributed by atoms with Gasteiger partial charge in [0, 0.05) is 19.1 Å². The summed E-state index contributed by atoms with van der Waals surface area (Å²) in [5.74, 6) is 0. The maximum atomic E-state index is 5.05. The van der Waals surface area contributed by atoms with Crippen molar-refractivity contribution in [1.29, 1.82) is 0 Å². The zero-order valence-electron chi connectivity index (χ0n) is 9.03. The summed E-state index contributed by atoms with van der Waals surface area (Å²) in [5.41, 5.74) is 3.13. The van der Waals surface area contributed by atoms with Crippen LogP contribution in [0.1, 0.15) is 5.69 Å². The third-order valence-electron chi connectivity index (χ3n) is 2.38. The highest BCUT2D eigenvalue weighted by Gasteiger charge is 2.11. The molecule has 0 saturated heterocycles. The lowest BCUT2D eigenvalue weighted by atomic mass is 10.1. The van der Waals surface area contributed by atoms with E-state index in [-0.39, 0.29) is 0 Å². The number of aromatic nitrogens is 2. The van der Waals surface area contributed by atoms with Gasteiger partial charge in [0.1, 0.15) is 5.69 Å². The van der Waals surface area contributed by atoms with Crippen molar-refractivity contribution in [3.05, 3.63) is 40.5 Å². The molecule has 84 valence electrons. The van der Waals surface area contributed by atoms with Gasteiger partial charge in [-0.15, -0.1) is 0 Å². The summed E-state index contributed by atoms with van der Waals surface area (Å²) in [6.07, 6.45) is 0.830. The number of ether oxygens (including phenoxy) is 1. The minimum absolute atomic E-state index is 0.690. The first-order chi connectivity index (χ1) is 7.83. The summed E-state index contributed by atoms with van der Waals surface area (Å²) in [5, 5.41) is 7.34. The molecule has 0 amide bonds. The Hall–Kier alpha value is -1.13. The number of benzene rings is 1. The molecule has 1 aromatic heterocycles. The molecule has 2 aromatic rings. The molecule has 0 saturated carbocycles. The molecule has 16 heavy (non-hydrogen) atoms. The molecule has 0 bridgehead atoms. The molecule has 0 spiro atoms. The molecule has 0 aliphatic carbocycles. The number of halogens is 1. The Bertz CT molecular complexity index is 453. The molecule has 1 heterocycles. The molecular formula is C12H13BrN2O.